The van der Waals surface area contributed by atoms with Crippen LogP contribution in [0.2, 0.25) is 0 Å². The third-order valence-electron chi connectivity index (χ3n) is 2.26. The lowest BCUT2D eigenvalue weighted by atomic mass is 10.2. The molecule has 0 atom stereocenters. The number of halogens is 4. The molecule has 98 valence electrons. The molecule has 1 heterocycles. The topological polar surface area (TPSA) is 42.0 Å². The van der Waals surface area contributed by atoms with Crippen LogP contribution in [0, 0.1) is 11.6 Å². The molecule has 2 aromatic rings. The average molecular weight is 392 g/mol. The smallest absolute Gasteiger partial charge is 0.258 e. The van der Waals surface area contributed by atoms with Crippen LogP contribution in [0.3, 0.4) is 0 Å². The maximum absolute atomic E-state index is 13.5. The highest BCUT2D eigenvalue weighted by molar-refractivity contribution is 9.10. The van der Waals surface area contributed by atoms with Gasteiger partial charge in [-0.1, -0.05) is 0 Å². The first kappa shape index (κ1) is 14.1. The van der Waals surface area contributed by atoms with Crippen LogP contribution in [0.4, 0.5) is 14.5 Å². The lowest BCUT2D eigenvalue weighted by Crippen LogP contribution is -2.14. The van der Waals surface area contributed by atoms with Gasteiger partial charge in [-0.25, -0.2) is 13.8 Å². The van der Waals surface area contributed by atoms with Crippen LogP contribution in [0.25, 0.3) is 0 Å². The van der Waals surface area contributed by atoms with Gasteiger partial charge in [-0.05, 0) is 50.1 Å². The molecule has 0 fully saturated rings. The maximum atomic E-state index is 13.5. The summed E-state index contributed by atoms with van der Waals surface area (Å²) < 4.78 is 27.0. The predicted molar refractivity (Wildman–Crippen MR) is 73.9 cm³/mol. The molecule has 1 aromatic heterocycles. The minimum Gasteiger partial charge on any atom is -0.319 e. The second kappa shape index (κ2) is 5.75. The second-order valence-corrected chi connectivity index (χ2v) is 5.15. The van der Waals surface area contributed by atoms with Crippen molar-refractivity contribution in [2.45, 2.75) is 0 Å². The van der Waals surface area contributed by atoms with E-state index in [9.17, 15) is 13.6 Å². The van der Waals surface area contributed by atoms with E-state index in [4.69, 9.17) is 0 Å². The van der Waals surface area contributed by atoms with Crippen molar-refractivity contribution in [3.8, 4) is 0 Å². The number of hydrogen-bond acceptors (Lipinski definition) is 2. The summed E-state index contributed by atoms with van der Waals surface area (Å²) in [5.41, 5.74) is 0.136. The van der Waals surface area contributed by atoms with Crippen molar-refractivity contribution in [2.75, 3.05) is 5.32 Å². The number of amides is 1. The van der Waals surface area contributed by atoms with Crippen molar-refractivity contribution >= 4 is 43.5 Å². The van der Waals surface area contributed by atoms with Crippen LogP contribution in [-0.4, -0.2) is 10.9 Å². The highest BCUT2D eigenvalue weighted by Gasteiger charge is 2.14. The Morgan fingerprint density at radius 1 is 1.21 bits per heavy atom. The van der Waals surface area contributed by atoms with Gasteiger partial charge >= 0.3 is 0 Å². The molecule has 0 aliphatic heterocycles. The molecule has 3 nitrogen and oxygen atoms in total. The summed E-state index contributed by atoms with van der Waals surface area (Å²) in [5.74, 6) is -2.13. The van der Waals surface area contributed by atoms with Crippen molar-refractivity contribution in [1.82, 2.24) is 4.98 Å². The number of rotatable bonds is 2. The van der Waals surface area contributed by atoms with E-state index in [0.717, 1.165) is 6.07 Å². The second-order valence-electron chi connectivity index (χ2n) is 3.54. The molecule has 1 N–H and O–H groups in total. The molecule has 0 unspecified atom stereocenters. The first-order valence-corrected chi connectivity index (χ1v) is 6.64. The van der Waals surface area contributed by atoms with Crippen LogP contribution in [0.5, 0.6) is 0 Å². The minimum absolute atomic E-state index is 0.0643. The minimum atomic E-state index is -0.853. The molecule has 1 aromatic carbocycles. The average Bonchev–Trinajstić information content (AvgIpc) is 2.36. The number of carbonyl (C=O) groups is 1. The fourth-order valence-corrected chi connectivity index (χ4v) is 2.14. The van der Waals surface area contributed by atoms with Crippen LogP contribution in [0.15, 0.2) is 39.5 Å². The van der Waals surface area contributed by atoms with Gasteiger partial charge in [0.15, 0.2) is 0 Å². The van der Waals surface area contributed by atoms with Crippen molar-refractivity contribution in [3.63, 3.8) is 0 Å². The van der Waals surface area contributed by atoms with Gasteiger partial charge in [0.2, 0.25) is 0 Å². The number of anilines is 1. The quantitative estimate of drug-likeness (QED) is 0.617. The van der Waals surface area contributed by atoms with E-state index in [1.165, 1.54) is 12.3 Å². The Kier molecular flexibility index (Phi) is 4.26. The Labute approximate surface area is 124 Å². The van der Waals surface area contributed by atoms with Crippen LogP contribution >= 0.6 is 31.9 Å². The lowest BCUT2D eigenvalue weighted by Gasteiger charge is -2.08. The third-order valence-corrected chi connectivity index (χ3v) is 3.50. The largest absolute Gasteiger partial charge is 0.319 e. The zero-order valence-electron chi connectivity index (χ0n) is 9.25. The van der Waals surface area contributed by atoms with Gasteiger partial charge in [-0.3, -0.25) is 4.79 Å². The molecule has 0 bridgehead atoms. The van der Waals surface area contributed by atoms with Crippen LogP contribution in [0.1, 0.15) is 10.4 Å². The van der Waals surface area contributed by atoms with Gasteiger partial charge in [-0.15, -0.1) is 0 Å². The first-order valence-electron chi connectivity index (χ1n) is 5.05. The van der Waals surface area contributed by atoms with Gasteiger partial charge < -0.3 is 5.32 Å². The molecular weight excluding hydrogens is 386 g/mol. The first-order chi connectivity index (χ1) is 8.99. The molecular formula is C12H6Br2F2N2O. The molecule has 7 heteroatoms. The number of carbonyl (C=O) groups excluding carboxylic acids is 1. The molecule has 19 heavy (non-hydrogen) atoms. The summed E-state index contributed by atoms with van der Waals surface area (Å²) in [6, 6.07) is 4.96. The summed E-state index contributed by atoms with van der Waals surface area (Å²) in [6.07, 6.45) is 1.51. The number of nitrogens with zero attached hydrogens (tertiary/aromatic N) is 1. The summed E-state index contributed by atoms with van der Waals surface area (Å²) in [7, 11) is 0. The summed E-state index contributed by atoms with van der Waals surface area (Å²) in [6.45, 7) is 0. The standard InChI is InChI=1S/C12H6Br2F2N2O/c13-7-4-10(9(16)5-8(7)15)18-12(19)6-2-1-3-17-11(6)14/h1-5H,(H,18,19). The zero-order valence-corrected chi connectivity index (χ0v) is 12.4. The highest BCUT2D eigenvalue weighted by Crippen LogP contribution is 2.24. The molecule has 0 spiro atoms. The monoisotopic (exact) mass is 390 g/mol. The van der Waals surface area contributed by atoms with Crippen LogP contribution < -0.4 is 5.32 Å². The van der Waals surface area contributed by atoms with Gasteiger partial charge in [0.1, 0.15) is 16.2 Å². The number of hydrogen-bond donors (Lipinski definition) is 1. The molecule has 2 rings (SSSR count). The van der Waals surface area contributed by atoms with Gasteiger partial charge in [0.25, 0.3) is 5.91 Å². The highest BCUT2D eigenvalue weighted by atomic mass is 79.9. The van der Waals surface area contributed by atoms with Gasteiger partial charge in [0.05, 0.1) is 15.7 Å². The Morgan fingerprint density at radius 2 is 1.95 bits per heavy atom. The molecule has 0 aliphatic rings. The third kappa shape index (κ3) is 3.16. The molecule has 0 radical (unpaired) electrons. The van der Waals surface area contributed by atoms with E-state index in [-0.39, 0.29) is 15.7 Å². The maximum Gasteiger partial charge on any atom is 0.258 e. The Bertz CT molecular complexity index is 650. The Morgan fingerprint density at radius 3 is 2.63 bits per heavy atom. The van der Waals surface area contributed by atoms with Crippen molar-refractivity contribution in [2.24, 2.45) is 0 Å². The summed E-state index contributed by atoms with van der Waals surface area (Å²) in [5, 5.41) is 2.35. The zero-order chi connectivity index (χ0) is 14.0. The van der Waals surface area contributed by atoms with Crippen molar-refractivity contribution < 1.29 is 13.6 Å². The summed E-state index contributed by atoms with van der Waals surface area (Å²) in [4.78, 5) is 15.8. The molecule has 1 amide bonds. The van der Waals surface area contributed by atoms with Gasteiger partial charge in [-0.2, -0.15) is 0 Å². The van der Waals surface area contributed by atoms with E-state index < -0.39 is 17.5 Å². The lowest BCUT2D eigenvalue weighted by molar-refractivity contribution is 0.102. The molecule has 0 saturated heterocycles. The normalized spacial score (nSPS) is 10.3. The van der Waals surface area contributed by atoms with Crippen LogP contribution in [-0.2, 0) is 0 Å². The van der Waals surface area contributed by atoms with E-state index in [2.05, 4.69) is 42.2 Å². The van der Waals surface area contributed by atoms with E-state index in [1.54, 1.807) is 6.07 Å². The predicted octanol–water partition coefficient (Wildman–Crippen LogP) is 4.14. The molecule has 0 aliphatic carbocycles. The van der Waals surface area contributed by atoms with Crippen molar-refractivity contribution in [1.29, 1.82) is 0 Å². The number of benzene rings is 1. The van der Waals surface area contributed by atoms with E-state index >= 15 is 0 Å². The number of aromatic nitrogens is 1. The van der Waals surface area contributed by atoms with Crippen molar-refractivity contribution in [3.05, 3.63) is 56.7 Å². The Hall–Kier alpha value is -1.34. The Balaban J connectivity index is 2.30. The van der Waals surface area contributed by atoms with E-state index in [1.807, 2.05) is 0 Å². The summed E-state index contributed by atoms with van der Waals surface area (Å²) >= 11 is 6.05. The fourth-order valence-electron chi connectivity index (χ4n) is 1.36. The number of nitrogens with one attached hydrogen (secondary N) is 1. The number of pyridine rings is 1. The molecule has 0 saturated carbocycles. The SMILES string of the molecule is O=C(Nc1cc(Br)c(F)cc1F)c1cccnc1Br. The van der Waals surface area contributed by atoms with E-state index in [0.29, 0.717) is 10.7 Å². The van der Waals surface area contributed by atoms with Gasteiger partial charge in [0, 0.05) is 12.3 Å². The fraction of sp³-hybridized carbons (Fsp3) is 0.